The Labute approximate surface area is 173 Å². The summed E-state index contributed by atoms with van der Waals surface area (Å²) in [7, 11) is 0. The number of rotatable bonds is 2. The molecule has 0 aromatic carbocycles. The van der Waals surface area contributed by atoms with E-state index in [9.17, 15) is 20.3 Å². The predicted octanol–water partition coefficient (Wildman–Crippen LogP) is 3.66. The van der Waals surface area contributed by atoms with Crippen LogP contribution in [0.3, 0.4) is 0 Å². The van der Waals surface area contributed by atoms with Crippen molar-refractivity contribution in [3.8, 4) is 6.07 Å². The third kappa shape index (κ3) is 2.68. The highest BCUT2D eigenvalue weighted by Crippen LogP contribution is 2.68. The molecule has 3 fully saturated rings. The van der Waals surface area contributed by atoms with E-state index in [1.165, 1.54) is 12.5 Å². The summed E-state index contributed by atoms with van der Waals surface area (Å²) < 4.78 is 5.49. The van der Waals surface area contributed by atoms with Gasteiger partial charge in [0.25, 0.3) is 0 Å². The number of fused-ring (bicyclic) bond motifs is 5. The minimum atomic E-state index is -1.32. The molecule has 29 heavy (non-hydrogen) atoms. The molecule has 4 aliphatic carbocycles. The highest BCUT2D eigenvalue weighted by Gasteiger charge is 2.68. The van der Waals surface area contributed by atoms with Crippen molar-refractivity contribution in [3.05, 3.63) is 23.8 Å². The number of aliphatic hydroxyl groups excluding tert-OH is 1. The zero-order valence-electron chi connectivity index (χ0n) is 17.8. The minimum absolute atomic E-state index is 0.00514. The van der Waals surface area contributed by atoms with E-state index in [1.807, 2.05) is 6.92 Å². The average Bonchev–Trinajstić information content (AvgIpc) is 2.96. The molecule has 0 bridgehead atoms. The number of hydrogen-bond donors (Lipinski definition) is 2. The zero-order valence-corrected chi connectivity index (χ0v) is 17.8. The predicted molar refractivity (Wildman–Crippen MR) is 108 cm³/mol. The van der Waals surface area contributed by atoms with Crippen molar-refractivity contribution < 1.29 is 19.7 Å². The third-order valence-corrected chi connectivity index (χ3v) is 9.27. The van der Waals surface area contributed by atoms with Crippen LogP contribution in [-0.4, -0.2) is 34.0 Å². The van der Waals surface area contributed by atoms with Crippen molar-refractivity contribution in [2.24, 2.45) is 28.6 Å². The topological polar surface area (TPSA) is 90.5 Å². The molecule has 8 atom stereocenters. The van der Waals surface area contributed by atoms with E-state index < -0.39 is 17.1 Å². The van der Waals surface area contributed by atoms with E-state index in [2.05, 4.69) is 25.6 Å². The van der Waals surface area contributed by atoms with Crippen LogP contribution in [0, 0.1) is 39.9 Å². The lowest BCUT2D eigenvalue weighted by Gasteiger charge is -2.60. The molecule has 3 saturated carbocycles. The molecule has 0 heterocycles. The van der Waals surface area contributed by atoms with Crippen LogP contribution >= 0.6 is 0 Å². The number of aliphatic hydroxyl groups is 2. The van der Waals surface area contributed by atoms with Crippen molar-refractivity contribution in [2.75, 3.05) is 0 Å². The zero-order chi connectivity index (χ0) is 21.2. The fourth-order valence-electron chi connectivity index (χ4n) is 7.55. The maximum atomic E-state index is 11.4. The molecular weight excluding hydrogens is 366 g/mol. The van der Waals surface area contributed by atoms with Crippen LogP contribution in [0.25, 0.3) is 0 Å². The van der Waals surface area contributed by atoms with Crippen LogP contribution in [-0.2, 0) is 9.53 Å². The molecule has 0 aliphatic heterocycles. The second-order valence-electron chi connectivity index (χ2n) is 10.3. The number of nitrogens with zero attached hydrogens (tertiary/aromatic N) is 1. The number of carbonyl (C=O) groups excluding carboxylic acids is 1. The summed E-state index contributed by atoms with van der Waals surface area (Å²) >= 11 is 0. The van der Waals surface area contributed by atoms with Crippen LogP contribution in [0.4, 0.5) is 0 Å². The van der Waals surface area contributed by atoms with Crippen molar-refractivity contribution >= 4 is 5.97 Å². The minimum Gasteiger partial charge on any atom is -0.462 e. The normalized spacial score (nSPS) is 48.4. The van der Waals surface area contributed by atoms with Gasteiger partial charge in [-0.05, 0) is 61.7 Å². The Balaban J connectivity index is 1.66. The van der Waals surface area contributed by atoms with Crippen LogP contribution < -0.4 is 0 Å². The molecule has 0 radical (unpaired) electrons. The Kier molecular flexibility index (Phi) is 4.75. The first-order chi connectivity index (χ1) is 13.6. The summed E-state index contributed by atoms with van der Waals surface area (Å²) in [4.78, 5) is 11.4. The fourth-order valence-corrected chi connectivity index (χ4v) is 7.55. The monoisotopic (exact) mass is 399 g/mol. The standard InChI is InChI=1S/C24H33NO4/c1-14(13-25)24(28)10-8-19-18-6-5-16-11-17(29-15(2)26)7-9-22(16,3)20(18)12-21(27)23(19,24)4/h5,17-21,27-28H,1,6-12H2,2-4H3/t17-,18-,19-,20-,21+,22-,23+,24+/m0/s1. The third-order valence-electron chi connectivity index (χ3n) is 9.27. The molecule has 0 aromatic heterocycles. The van der Waals surface area contributed by atoms with Crippen LogP contribution in [0.1, 0.15) is 65.7 Å². The summed E-state index contributed by atoms with van der Waals surface area (Å²) in [5.74, 6) is 0.654. The highest BCUT2D eigenvalue weighted by atomic mass is 16.5. The van der Waals surface area contributed by atoms with Gasteiger partial charge in [-0.2, -0.15) is 5.26 Å². The van der Waals surface area contributed by atoms with Gasteiger partial charge >= 0.3 is 5.97 Å². The van der Waals surface area contributed by atoms with E-state index in [4.69, 9.17) is 4.74 Å². The SMILES string of the molecule is C=C(C#N)[C@]1(O)CC[C@H]2[C@@H]3CC=C4C[C@@H](OC(C)=O)CC[C@]4(C)[C@H]3C[C@@H](O)[C@@]21C. The summed E-state index contributed by atoms with van der Waals surface area (Å²) in [6.07, 6.45) is 7.05. The van der Waals surface area contributed by atoms with Gasteiger partial charge in [0, 0.05) is 18.8 Å². The van der Waals surface area contributed by atoms with Gasteiger partial charge in [0.1, 0.15) is 11.7 Å². The Morgan fingerprint density at radius 2 is 2.03 bits per heavy atom. The molecular formula is C24H33NO4. The smallest absolute Gasteiger partial charge is 0.302 e. The van der Waals surface area contributed by atoms with Gasteiger partial charge in [-0.3, -0.25) is 4.79 Å². The number of esters is 1. The molecule has 0 aromatic rings. The fraction of sp³-hybridized carbons (Fsp3) is 0.750. The van der Waals surface area contributed by atoms with E-state index in [0.717, 1.165) is 32.1 Å². The Bertz CT molecular complexity index is 812. The molecule has 2 N–H and O–H groups in total. The lowest BCUT2D eigenvalue weighted by molar-refractivity contribution is -0.173. The van der Waals surface area contributed by atoms with Crippen LogP contribution in [0.15, 0.2) is 23.8 Å². The molecule has 158 valence electrons. The van der Waals surface area contributed by atoms with Gasteiger partial charge in [0.05, 0.1) is 17.7 Å². The van der Waals surface area contributed by atoms with E-state index in [1.54, 1.807) is 0 Å². The summed E-state index contributed by atoms with van der Waals surface area (Å²) in [6, 6.07) is 2.06. The second kappa shape index (κ2) is 6.68. The quantitative estimate of drug-likeness (QED) is 0.420. The molecule has 4 rings (SSSR count). The second-order valence-corrected chi connectivity index (χ2v) is 10.3. The first-order valence-electron chi connectivity index (χ1n) is 10.9. The molecule has 0 amide bonds. The van der Waals surface area contributed by atoms with Gasteiger partial charge in [-0.1, -0.05) is 32.1 Å². The molecule has 0 unspecified atom stereocenters. The van der Waals surface area contributed by atoms with Crippen LogP contribution in [0.5, 0.6) is 0 Å². The highest BCUT2D eigenvalue weighted by molar-refractivity contribution is 5.66. The number of carbonyl (C=O) groups is 1. The Hall–Kier alpha value is -1.64. The number of hydrogen-bond acceptors (Lipinski definition) is 5. The van der Waals surface area contributed by atoms with Crippen LogP contribution in [0.2, 0.25) is 0 Å². The number of allylic oxidation sites excluding steroid dienone is 1. The number of ether oxygens (including phenoxy) is 1. The molecule has 5 heteroatoms. The van der Waals surface area contributed by atoms with E-state index in [0.29, 0.717) is 24.7 Å². The van der Waals surface area contributed by atoms with Crippen molar-refractivity contribution in [1.82, 2.24) is 0 Å². The lowest BCUT2D eigenvalue weighted by Crippen LogP contribution is -2.61. The van der Waals surface area contributed by atoms with Gasteiger partial charge in [0.15, 0.2) is 0 Å². The first kappa shape index (κ1) is 20.6. The molecule has 0 saturated heterocycles. The Morgan fingerprint density at radius 3 is 2.69 bits per heavy atom. The average molecular weight is 400 g/mol. The summed E-state index contributed by atoms with van der Waals surface area (Å²) in [5.41, 5.74) is -0.525. The Morgan fingerprint density at radius 1 is 1.31 bits per heavy atom. The van der Waals surface area contributed by atoms with E-state index in [-0.39, 0.29) is 29.0 Å². The molecule has 5 nitrogen and oxygen atoms in total. The van der Waals surface area contributed by atoms with Crippen molar-refractivity contribution in [3.63, 3.8) is 0 Å². The first-order valence-corrected chi connectivity index (χ1v) is 10.9. The number of nitriles is 1. The van der Waals surface area contributed by atoms with Gasteiger partial charge < -0.3 is 14.9 Å². The van der Waals surface area contributed by atoms with E-state index >= 15 is 0 Å². The molecule has 0 spiro atoms. The lowest BCUT2D eigenvalue weighted by atomic mass is 9.46. The summed E-state index contributed by atoms with van der Waals surface area (Å²) in [5, 5.41) is 32.2. The van der Waals surface area contributed by atoms with Crippen molar-refractivity contribution in [1.29, 1.82) is 5.26 Å². The molecule has 4 aliphatic rings. The van der Waals surface area contributed by atoms with Gasteiger partial charge in [-0.25, -0.2) is 0 Å². The maximum absolute atomic E-state index is 11.4. The van der Waals surface area contributed by atoms with Gasteiger partial charge in [-0.15, -0.1) is 0 Å². The summed E-state index contributed by atoms with van der Waals surface area (Å²) in [6.45, 7) is 9.58. The van der Waals surface area contributed by atoms with Crippen molar-refractivity contribution in [2.45, 2.75) is 83.5 Å². The van der Waals surface area contributed by atoms with Gasteiger partial charge in [0.2, 0.25) is 0 Å². The maximum Gasteiger partial charge on any atom is 0.302 e. The largest absolute Gasteiger partial charge is 0.462 e.